The molecular weight excluding hydrogens is 330 g/mol. The molecule has 126 valence electrons. The normalized spacial score (nSPS) is 10.1. The highest BCUT2D eigenvalue weighted by Gasteiger charge is 2.15. The van der Waals surface area contributed by atoms with Gasteiger partial charge in [-0.3, -0.25) is 4.79 Å². The van der Waals surface area contributed by atoms with Gasteiger partial charge < -0.3 is 14.8 Å². The van der Waals surface area contributed by atoms with Crippen LogP contribution >= 0.6 is 11.6 Å². The standard InChI is InChI=1S/C18H18ClNO4/c1-12-3-8-16(23-2)15(9-12)18(22)24-11-17(21)20-10-13-4-6-14(19)7-5-13/h3-9H,10-11H2,1-2H3,(H,20,21). The van der Waals surface area contributed by atoms with Gasteiger partial charge in [-0.05, 0) is 36.8 Å². The van der Waals surface area contributed by atoms with Crippen molar-refractivity contribution >= 4 is 23.5 Å². The van der Waals surface area contributed by atoms with Crippen molar-refractivity contribution in [2.75, 3.05) is 13.7 Å². The van der Waals surface area contributed by atoms with Gasteiger partial charge in [0.1, 0.15) is 11.3 Å². The number of methoxy groups -OCH3 is 1. The van der Waals surface area contributed by atoms with Crippen LogP contribution in [0.2, 0.25) is 5.02 Å². The molecule has 0 aliphatic heterocycles. The van der Waals surface area contributed by atoms with Gasteiger partial charge in [-0.2, -0.15) is 0 Å². The average molecular weight is 348 g/mol. The fourth-order valence-corrected chi connectivity index (χ4v) is 2.17. The van der Waals surface area contributed by atoms with Crippen LogP contribution in [0.4, 0.5) is 0 Å². The molecule has 24 heavy (non-hydrogen) atoms. The third kappa shape index (κ3) is 4.99. The number of nitrogens with one attached hydrogen (secondary N) is 1. The zero-order valence-corrected chi connectivity index (χ0v) is 14.2. The van der Waals surface area contributed by atoms with E-state index in [-0.39, 0.29) is 12.5 Å². The van der Waals surface area contributed by atoms with E-state index in [0.717, 1.165) is 11.1 Å². The number of hydrogen-bond acceptors (Lipinski definition) is 4. The molecule has 0 radical (unpaired) electrons. The zero-order chi connectivity index (χ0) is 17.5. The molecule has 5 nitrogen and oxygen atoms in total. The number of halogens is 1. The van der Waals surface area contributed by atoms with Crippen molar-refractivity contribution < 1.29 is 19.1 Å². The van der Waals surface area contributed by atoms with Gasteiger partial charge >= 0.3 is 5.97 Å². The first kappa shape index (κ1) is 17.8. The van der Waals surface area contributed by atoms with Crippen LogP contribution in [-0.2, 0) is 16.1 Å². The highest BCUT2D eigenvalue weighted by Crippen LogP contribution is 2.20. The summed E-state index contributed by atoms with van der Waals surface area (Å²) >= 11 is 5.80. The third-order valence-corrected chi connectivity index (χ3v) is 3.56. The molecule has 2 aromatic carbocycles. The summed E-state index contributed by atoms with van der Waals surface area (Å²) in [5, 5.41) is 3.31. The van der Waals surface area contributed by atoms with Crippen LogP contribution < -0.4 is 10.1 Å². The van der Waals surface area contributed by atoms with E-state index < -0.39 is 5.97 Å². The van der Waals surface area contributed by atoms with Crippen molar-refractivity contribution in [1.82, 2.24) is 5.32 Å². The number of aryl methyl sites for hydroxylation is 1. The molecule has 0 saturated carbocycles. The molecule has 0 aliphatic rings. The third-order valence-electron chi connectivity index (χ3n) is 3.31. The fourth-order valence-electron chi connectivity index (χ4n) is 2.04. The smallest absolute Gasteiger partial charge is 0.342 e. The molecule has 0 heterocycles. The van der Waals surface area contributed by atoms with Crippen molar-refractivity contribution in [3.63, 3.8) is 0 Å². The van der Waals surface area contributed by atoms with Crippen LogP contribution in [0, 0.1) is 6.92 Å². The molecule has 0 aromatic heterocycles. The maximum absolute atomic E-state index is 12.1. The minimum Gasteiger partial charge on any atom is -0.496 e. The van der Waals surface area contributed by atoms with Gasteiger partial charge in [0.25, 0.3) is 5.91 Å². The number of benzene rings is 2. The first-order valence-corrected chi connectivity index (χ1v) is 7.70. The van der Waals surface area contributed by atoms with Crippen LogP contribution in [0.3, 0.4) is 0 Å². The van der Waals surface area contributed by atoms with Crippen molar-refractivity contribution in [2.24, 2.45) is 0 Å². The van der Waals surface area contributed by atoms with E-state index in [1.807, 2.05) is 25.1 Å². The molecule has 1 amide bonds. The largest absolute Gasteiger partial charge is 0.496 e. The summed E-state index contributed by atoms with van der Waals surface area (Å²) in [6.07, 6.45) is 0. The zero-order valence-electron chi connectivity index (χ0n) is 13.5. The maximum atomic E-state index is 12.1. The van der Waals surface area contributed by atoms with E-state index in [1.165, 1.54) is 7.11 Å². The number of carbonyl (C=O) groups excluding carboxylic acids is 2. The molecule has 2 aromatic rings. The molecule has 0 aliphatic carbocycles. The van der Waals surface area contributed by atoms with Gasteiger partial charge in [-0.15, -0.1) is 0 Å². The second-order valence-corrected chi connectivity index (χ2v) is 5.62. The Morgan fingerprint density at radius 1 is 1.12 bits per heavy atom. The van der Waals surface area contributed by atoms with Gasteiger partial charge in [0.05, 0.1) is 7.11 Å². The quantitative estimate of drug-likeness (QED) is 0.815. The van der Waals surface area contributed by atoms with Gasteiger partial charge in [0.15, 0.2) is 6.61 Å². The van der Waals surface area contributed by atoms with Gasteiger partial charge in [0, 0.05) is 11.6 Å². The van der Waals surface area contributed by atoms with Gasteiger partial charge in [0.2, 0.25) is 0 Å². The summed E-state index contributed by atoms with van der Waals surface area (Å²) in [7, 11) is 1.47. The van der Waals surface area contributed by atoms with Crippen molar-refractivity contribution in [2.45, 2.75) is 13.5 Å². The summed E-state index contributed by atoms with van der Waals surface area (Å²) in [5.74, 6) is -0.575. The number of hydrogen-bond donors (Lipinski definition) is 1. The Hall–Kier alpha value is -2.53. The van der Waals surface area contributed by atoms with Gasteiger partial charge in [-0.25, -0.2) is 4.79 Å². The number of rotatable bonds is 6. The monoisotopic (exact) mass is 347 g/mol. The summed E-state index contributed by atoms with van der Waals surface area (Å²) in [6, 6.07) is 12.3. The van der Waals surface area contributed by atoms with E-state index in [9.17, 15) is 9.59 Å². The van der Waals surface area contributed by atoms with Crippen LogP contribution in [-0.4, -0.2) is 25.6 Å². The fraction of sp³-hybridized carbons (Fsp3) is 0.222. The number of carbonyl (C=O) groups is 2. The van der Waals surface area contributed by atoms with Crippen LogP contribution in [0.5, 0.6) is 5.75 Å². The second kappa shape index (κ2) is 8.36. The summed E-state index contributed by atoms with van der Waals surface area (Å²) in [6.45, 7) is 1.83. The van der Waals surface area contributed by atoms with E-state index in [2.05, 4.69) is 5.32 Å². The first-order valence-electron chi connectivity index (χ1n) is 7.32. The molecule has 0 bridgehead atoms. The molecule has 0 spiro atoms. The summed E-state index contributed by atoms with van der Waals surface area (Å²) in [5.41, 5.74) is 2.09. The molecule has 2 rings (SSSR count). The van der Waals surface area contributed by atoms with Crippen molar-refractivity contribution in [3.8, 4) is 5.75 Å². The van der Waals surface area contributed by atoms with Crippen LogP contribution in [0.1, 0.15) is 21.5 Å². The SMILES string of the molecule is COc1ccc(C)cc1C(=O)OCC(=O)NCc1ccc(Cl)cc1. The Labute approximate surface area is 145 Å². The summed E-state index contributed by atoms with van der Waals surface area (Å²) < 4.78 is 10.2. The molecule has 0 unspecified atom stereocenters. The molecule has 1 N–H and O–H groups in total. The lowest BCUT2D eigenvalue weighted by molar-refractivity contribution is -0.124. The lowest BCUT2D eigenvalue weighted by atomic mass is 10.1. The Kier molecular flexibility index (Phi) is 6.21. The molecule has 6 heteroatoms. The average Bonchev–Trinajstić information content (AvgIpc) is 2.59. The van der Waals surface area contributed by atoms with Crippen molar-refractivity contribution in [3.05, 3.63) is 64.2 Å². The molecule has 0 fully saturated rings. The first-order chi connectivity index (χ1) is 11.5. The number of ether oxygens (including phenoxy) is 2. The van der Waals surface area contributed by atoms with E-state index in [4.69, 9.17) is 21.1 Å². The predicted octanol–water partition coefficient (Wildman–Crippen LogP) is 3.13. The van der Waals surface area contributed by atoms with E-state index in [0.29, 0.717) is 22.9 Å². The minimum absolute atomic E-state index is 0.294. The lowest BCUT2D eigenvalue weighted by Gasteiger charge is -2.10. The molecule has 0 atom stereocenters. The lowest BCUT2D eigenvalue weighted by Crippen LogP contribution is -2.28. The highest BCUT2D eigenvalue weighted by atomic mass is 35.5. The Balaban J connectivity index is 1.86. The number of esters is 1. The van der Waals surface area contributed by atoms with Gasteiger partial charge in [-0.1, -0.05) is 35.4 Å². The second-order valence-electron chi connectivity index (χ2n) is 5.18. The topological polar surface area (TPSA) is 64.6 Å². The van der Waals surface area contributed by atoms with Crippen LogP contribution in [0.15, 0.2) is 42.5 Å². The van der Waals surface area contributed by atoms with E-state index in [1.54, 1.807) is 24.3 Å². The molecular formula is C18H18ClNO4. The van der Waals surface area contributed by atoms with Crippen molar-refractivity contribution in [1.29, 1.82) is 0 Å². The predicted molar refractivity (Wildman–Crippen MR) is 91.3 cm³/mol. The molecule has 0 saturated heterocycles. The van der Waals surface area contributed by atoms with Crippen LogP contribution in [0.25, 0.3) is 0 Å². The Bertz CT molecular complexity index is 728. The number of amides is 1. The summed E-state index contributed by atoms with van der Waals surface area (Å²) in [4.78, 5) is 23.9. The van der Waals surface area contributed by atoms with E-state index >= 15 is 0 Å². The Morgan fingerprint density at radius 3 is 2.50 bits per heavy atom. The maximum Gasteiger partial charge on any atom is 0.342 e. The Morgan fingerprint density at radius 2 is 1.83 bits per heavy atom. The minimum atomic E-state index is -0.600. The highest BCUT2D eigenvalue weighted by molar-refractivity contribution is 6.30.